The third-order valence-electron chi connectivity index (χ3n) is 4.48. The Labute approximate surface area is 127 Å². The second-order valence-electron chi connectivity index (χ2n) is 5.86. The topological polar surface area (TPSA) is 90.0 Å². The van der Waals surface area contributed by atoms with Crippen LogP contribution in [0.4, 0.5) is 4.79 Å². The quantitative estimate of drug-likeness (QED) is 0.394. The van der Waals surface area contributed by atoms with Crippen LogP contribution < -0.4 is 5.32 Å². The summed E-state index contributed by atoms with van der Waals surface area (Å²) in [5.74, 6) is -1.26. The van der Waals surface area contributed by atoms with Crippen molar-refractivity contribution in [2.45, 2.75) is 0 Å². The molecule has 1 N–H and O–H groups in total. The summed E-state index contributed by atoms with van der Waals surface area (Å²) in [7, 11) is 0. The first kappa shape index (κ1) is 14.7. The number of rotatable bonds is 4. The summed E-state index contributed by atoms with van der Waals surface area (Å²) in [6, 6.07) is -0.746. The van der Waals surface area contributed by atoms with Crippen LogP contribution >= 0.6 is 0 Å². The molecular formula is C14H18N4O4. The van der Waals surface area contributed by atoms with E-state index in [1.54, 1.807) is 4.90 Å². The minimum Gasteiger partial charge on any atom is -0.340 e. The van der Waals surface area contributed by atoms with Crippen LogP contribution in [0, 0.1) is 11.8 Å². The number of fused-ring (bicyclic) bond motifs is 1. The van der Waals surface area contributed by atoms with Crippen molar-refractivity contribution >= 4 is 23.8 Å². The molecule has 8 nitrogen and oxygen atoms in total. The van der Waals surface area contributed by atoms with Gasteiger partial charge in [-0.1, -0.05) is 6.08 Å². The normalized spacial score (nSPS) is 27.8. The highest BCUT2D eigenvalue weighted by Gasteiger charge is 2.46. The Morgan fingerprint density at radius 3 is 2.32 bits per heavy atom. The molecule has 3 saturated heterocycles. The number of imide groups is 2. The molecular weight excluding hydrogens is 288 g/mol. The van der Waals surface area contributed by atoms with Gasteiger partial charge in [0.05, 0.1) is 0 Å². The molecule has 0 aromatic heterocycles. The van der Waals surface area contributed by atoms with Gasteiger partial charge in [0.25, 0.3) is 0 Å². The maximum atomic E-state index is 12.3. The lowest BCUT2D eigenvalue weighted by molar-refractivity contribution is -0.144. The average molecular weight is 306 g/mol. The van der Waals surface area contributed by atoms with Crippen LogP contribution in [0.3, 0.4) is 0 Å². The van der Waals surface area contributed by atoms with Gasteiger partial charge in [-0.2, -0.15) is 0 Å². The third-order valence-corrected chi connectivity index (χ3v) is 4.48. The summed E-state index contributed by atoms with van der Waals surface area (Å²) in [6.45, 7) is 6.09. The van der Waals surface area contributed by atoms with Gasteiger partial charge in [-0.15, -0.1) is 6.58 Å². The van der Waals surface area contributed by atoms with Gasteiger partial charge in [0.1, 0.15) is 6.54 Å². The van der Waals surface area contributed by atoms with Gasteiger partial charge in [-0.25, -0.2) is 9.69 Å². The molecule has 8 heteroatoms. The number of carbonyl (C=O) groups excluding carboxylic acids is 4. The molecule has 5 amide bonds. The lowest BCUT2D eigenvalue weighted by Gasteiger charge is -2.20. The van der Waals surface area contributed by atoms with E-state index in [0.717, 1.165) is 22.9 Å². The molecule has 0 spiro atoms. The Hall–Kier alpha value is -2.22. The Bertz CT molecular complexity index is 549. The number of amides is 5. The van der Waals surface area contributed by atoms with Crippen LogP contribution in [0.25, 0.3) is 0 Å². The van der Waals surface area contributed by atoms with Gasteiger partial charge in [-0.3, -0.25) is 19.3 Å². The number of nitrogens with one attached hydrogen (secondary N) is 1. The van der Waals surface area contributed by atoms with E-state index in [9.17, 15) is 19.2 Å². The molecule has 118 valence electrons. The number of nitrogens with zero attached hydrogens (tertiary/aromatic N) is 3. The minimum atomic E-state index is -0.943. The fraction of sp³-hybridized carbons (Fsp3) is 0.571. The highest BCUT2D eigenvalue weighted by atomic mass is 16.2. The Kier molecular flexibility index (Phi) is 3.69. The van der Waals surface area contributed by atoms with Crippen molar-refractivity contribution in [3.8, 4) is 0 Å². The number of carbonyl (C=O) groups is 4. The fourth-order valence-electron chi connectivity index (χ4n) is 3.27. The van der Waals surface area contributed by atoms with E-state index >= 15 is 0 Å². The van der Waals surface area contributed by atoms with Crippen LogP contribution in [-0.4, -0.2) is 77.7 Å². The Morgan fingerprint density at radius 1 is 1.14 bits per heavy atom. The summed E-state index contributed by atoms with van der Waals surface area (Å²) >= 11 is 0. The highest BCUT2D eigenvalue weighted by Crippen LogP contribution is 2.26. The van der Waals surface area contributed by atoms with E-state index in [1.165, 1.54) is 6.08 Å². The number of hydrogen-bond donors (Lipinski definition) is 1. The molecule has 2 atom stereocenters. The molecule has 0 aliphatic carbocycles. The van der Waals surface area contributed by atoms with Crippen molar-refractivity contribution in [1.82, 2.24) is 20.0 Å². The highest BCUT2D eigenvalue weighted by molar-refractivity contribution is 6.45. The maximum Gasteiger partial charge on any atom is 0.335 e. The standard InChI is InChI=1S/C14H18N4O4/c1-2-3-17-12(20)13(21)18(14(17)22)8-11(19)16-6-9-4-15-5-10(9)7-16/h2,9-10,15H,1,3-8H2/t9-,10+. The molecule has 0 aromatic carbocycles. The Balaban J connectivity index is 1.64. The molecule has 0 saturated carbocycles. The maximum absolute atomic E-state index is 12.3. The zero-order chi connectivity index (χ0) is 15.9. The van der Waals surface area contributed by atoms with Crippen LogP contribution in [0.2, 0.25) is 0 Å². The third kappa shape index (κ3) is 2.29. The zero-order valence-electron chi connectivity index (χ0n) is 12.2. The summed E-state index contributed by atoms with van der Waals surface area (Å²) in [5, 5.41) is 3.28. The largest absolute Gasteiger partial charge is 0.340 e. The molecule has 3 rings (SSSR count). The van der Waals surface area contributed by atoms with Crippen molar-refractivity contribution in [3.63, 3.8) is 0 Å². The van der Waals surface area contributed by atoms with Crippen molar-refractivity contribution in [2.24, 2.45) is 11.8 Å². The molecule has 3 fully saturated rings. The van der Waals surface area contributed by atoms with E-state index in [-0.39, 0.29) is 19.0 Å². The van der Waals surface area contributed by atoms with Crippen molar-refractivity contribution < 1.29 is 19.2 Å². The molecule has 3 aliphatic heterocycles. The summed E-state index contributed by atoms with van der Waals surface area (Å²) in [4.78, 5) is 51.1. The molecule has 3 aliphatic rings. The predicted octanol–water partition coefficient (Wildman–Crippen LogP) is -1.36. The SMILES string of the molecule is C=CCN1C(=O)C(=O)N(CC(=O)N2C[C@H]3CNC[C@H]3C2)C1=O. The number of urea groups is 1. The molecule has 0 radical (unpaired) electrons. The van der Waals surface area contributed by atoms with Gasteiger partial charge >= 0.3 is 17.8 Å². The van der Waals surface area contributed by atoms with Crippen LogP contribution in [0.1, 0.15) is 0 Å². The summed E-state index contributed by atoms with van der Waals surface area (Å²) < 4.78 is 0. The Morgan fingerprint density at radius 2 is 1.73 bits per heavy atom. The fourth-order valence-corrected chi connectivity index (χ4v) is 3.27. The van der Waals surface area contributed by atoms with Gasteiger partial charge in [0.15, 0.2) is 0 Å². The predicted molar refractivity (Wildman–Crippen MR) is 75.4 cm³/mol. The smallest absolute Gasteiger partial charge is 0.335 e. The van der Waals surface area contributed by atoms with Crippen LogP contribution in [0.15, 0.2) is 12.7 Å². The van der Waals surface area contributed by atoms with Crippen molar-refractivity contribution in [3.05, 3.63) is 12.7 Å². The molecule has 0 unspecified atom stereocenters. The van der Waals surface area contributed by atoms with E-state index in [2.05, 4.69) is 11.9 Å². The minimum absolute atomic E-state index is 0.0341. The second-order valence-corrected chi connectivity index (χ2v) is 5.86. The number of likely N-dealkylation sites (tertiary alicyclic amines) is 1. The first-order chi connectivity index (χ1) is 10.5. The first-order valence-corrected chi connectivity index (χ1v) is 7.29. The average Bonchev–Trinajstić information content (AvgIpc) is 3.13. The van der Waals surface area contributed by atoms with E-state index in [1.807, 2.05) is 0 Å². The lowest BCUT2D eigenvalue weighted by Crippen LogP contribution is -2.43. The molecule has 3 heterocycles. The lowest BCUT2D eigenvalue weighted by atomic mass is 10.0. The summed E-state index contributed by atoms with van der Waals surface area (Å²) in [6.07, 6.45) is 1.36. The second kappa shape index (κ2) is 5.53. The van der Waals surface area contributed by atoms with Crippen molar-refractivity contribution in [2.75, 3.05) is 39.3 Å². The van der Waals surface area contributed by atoms with E-state index in [0.29, 0.717) is 24.9 Å². The molecule has 22 heavy (non-hydrogen) atoms. The van der Waals surface area contributed by atoms with Gasteiger partial charge in [0.2, 0.25) is 5.91 Å². The van der Waals surface area contributed by atoms with E-state index < -0.39 is 17.8 Å². The van der Waals surface area contributed by atoms with Gasteiger partial charge in [0, 0.05) is 32.7 Å². The monoisotopic (exact) mass is 306 g/mol. The molecule has 0 aromatic rings. The van der Waals surface area contributed by atoms with Crippen LogP contribution in [-0.2, 0) is 14.4 Å². The van der Waals surface area contributed by atoms with Gasteiger partial charge in [-0.05, 0) is 11.8 Å². The zero-order valence-corrected chi connectivity index (χ0v) is 12.2. The summed E-state index contributed by atoms with van der Waals surface area (Å²) in [5.41, 5.74) is 0. The number of hydrogen-bond acceptors (Lipinski definition) is 5. The molecule has 0 bridgehead atoms. The van der Waals surface area contributed by atoms with Gasteiger partial charge < -0.3 is 10.2 Å². The van der Waals surface area contributed by atoms with Crippen molar-refractivity contribution in [1.29, 1.82) is 0 Å². The van der Waals surface area contributed by atoms with E-state index in [4.69, 9.17) is 0 Å². The first-order valence-electron chi connectivity index (χ1n) is 7.29. The van der Waals surface area contributed by atoms with Crippen LogP contribution in [0.5, 0.6) is 0 Å².